The molecule has 3 aromatic rings. The second-order valence-corrected chi connectivity index (χ2v) is 6.57. The van der Waals surface area contributed by atoms with Crippen LogP contribution in [-0.4, -0.2) is 25.6 Å². The molecule has 6 heteroatoms. The van der Waals surface area contributed by atoms with Crippen LogP contribution >= 0.6 is 0 Å². The second kappa shape index (κ2) is 10.1. The molecule has 0 unspecified atom stereocenters. The van der Waals surface area contributed by atoms with E-state index in [2.05, 4.69) is 5.32 Å². The SMILES string of the molecule is COc1cccc(NC(=O)COC(=O)c2ccccc2OCc2ccccc2C)c1. The molecule has 0 aliphatic heterocycles. The van der Waals surface area contributed by atoms with Gasteiger partial charge in [-0.15, -0.1) is 0 Å². The van der Waals surface area contributed by atoms with Gasteiger partial charge in [0, 0.05) is 11.8 Å². The molecule has 0 aliphatic rings. The van der Waals surface area contributed by atoms with Crippen molar-refractivity contribution in [3.8, 4) is 11.5 Å². The minimum Gasteiger partial charge on any atom is -0.497 e. The van der Waals surface area contributed by atoms with E-state index in [0.717, 1.165) is 11.1 Å². The number of benzene rings is 3. The molecule has 3 rings (SSSR count). The maximum Gasteiger partial charge on any atom is 0.342 e. The van der Waals surface area contributed by atoms with Gasteiger partial charge < -0.3 is 19.5 Å². The lowest BCUT2D eigenvalue weighted by molar-refractivity contribution is -0.119. The summed E-state index contributed by atoms with van der Waals surface area (Å²) in [5, 5.41) is 2.66. The van der Waals surface area contributed by atoms with E-state index < -0.39 is 18.5 Å². The normalized spacial score (nSPS) is 10.2. The summed E-state index contributed by atoms with van der Waals surface area (Å²) in [6.07, 6.45) is 0. The third-order valence-corrected chi connectivity index (χ3v) is 4.44. The number of amides is 1. The molecule has 0 heterocycles. The molecule has 30 heavy (non-hydrogen) atoms. The van der Waals surface area contributed by atoms with E-state index in [1.807, 2.05) is 31.2 Å². The summed E-state index contributed by atoms with van der Waals surface area (Å²) in [6.45, 7) is 1.91. The van der Waals surface area contributed by atoms with E-state index in [0.29, 0.717) is 23.8 Å². The first-order valence-corrected chi connectivity index (χ1v) is 9.44. The summed E-state index contributed by atoms with van der Waals surface area (Å²) < 4.78 is 16.1. The monoisotopic (exact) mass is 405 g/mol. The number of hydrogen-bond donors (Lipinski definition) is 1. The van der Waals surface area contributed by atoms with E-state index in [9.17, 15) is 9.59 Å². The summed E-state index contributed by atoms with van der Waals surface area (Å²) >= 11 is 0. The van der Waals surface area contributed by atoms with Gasteiger partial charge >= 0.3 is 5.97 Å². The van der Waals surface area contributed by atoms with Gasteiger partial charge in [0.1, 0.15) is 23.7 Å². The summed E-state index contributed by atoms with van der Waals surface area (Å²) in [4.78, 5) is 24.6. The number of carbonyl (C=O) groups excluding carboxylic acids is 2. The van der Waals surface area contributed by atoms with Crippen LogP contribution in [0, 0.1) is 6.92 Å². The maximum atomic E-state index is 12.5. The number of aryl methyl sites for hydroxylation is 1. The lowest BCUT2D eigenvalue weighted by Gasteiger charge is -2.12. The average Bonchev–Trinajstić information content (AvgIpc) is 2.77. The summed E-state index contributed by atoms with van der Waals surface area (Å²) in [7, 11) is 1.54. The standard InChI is InChI=1S/C24H23NO5/c1-17-8-3-4-9-18(17)15-29-22-13-6-5-12-21(22)24(27)30-16-23(26)25-19-10-7-11-20(14-19)28-2/h3-14H,15-16H2,1-2H3,(H,25,26). The van der Waals surface area contributed by atoms with Gasteiger partial charge in [-0.3, -0.25) is 4.79 Å². The van der Waals surface area contributed by atoms with Crippen LogP contribution in [0.2, 0.25) is 0 Å². The zero-order chi connectivity index (χ0) is 21.3. The highest BCUT2D eigenvalue weighted by Gasteiger charge is 2.16. The molecule has 1 N–H and O–H groups in total. The smallest absolute Gasteiger partial charge is 0.342 e. The lowest BCUT2D eigenvalue weighted by Crippen LogP contribution is -2.21. The van der Waals surface area contributed by atoms with Gasteiger partial charge in [-0.25, -0.2) is 4.79 Å². The first kappa shape index (κ1) is 20.9. The van der Waals surface area contributed by atoms with Crippen molar-refractivity contribution in [2.75, 3.05) is 19.0 Å². The Labute approximate surface area is 175 Å². The fraction of sp³-hybridized carbons (Fsp3) is 0.167. The minimum atomic E-state index is -0.629. The quantitative estimate of drug-likeness (QED) is 0.563. The van der Waals surface area contributed by atoms with Crippen molar-refractivity contribution in [3.63, 3.8) is 0 Å². The van der Waals surface area contributed by atoms with E-state index in [1.54, 1.807) is 55.6 Å². The number of rotatable bonds is 8. The van der Waals surface area contributed by atoms with E-state index in [-0.39, 0.29) is 5.56 Å². The van der Waals surface area contributed by atoms with Crippen LogP contribution in [0.25, 0.3) is 0 Å². The fourth-order valence-electron chi connectivity index (χ4n) is 2.80. The Kier molecular flexibility index (Phi) is 7.05. The molecule has 6 nitrogen and oxygen atoms in total. The number of ether oxygens (including phenoxy) is 3. The first-order valence-electron chi connectivity index (χ1n) is 9.44. The molecule has 0 saturated carbocycles. The third-order valence-electron chi connectivity index (χ3n) is 4.44. The summed E-state index contributed by atoms with van der Waals surface area (Å²) in [5.74, 6) is -0.0606. The van der Waals surface area contributed by atoms with Gasteiger partial charge in [-0.2, -0.15) is 0 Å². The Morgan fingerprint density at radius 2 is 1.70 bits per heavy atom. The molecule has 0 aliphatic carbocycles. The molecule has 0 spiro atoms. The summed E-state index contributed by atoms with van der Waals surface area (Å²) in [6, 6.07) is 21.6. The molecule has 1 amide bonds. The van der Waals surface area contributed by atoms with Gasteiger partial charge in [-0.1, -0.05) is 42.5 Å². The molecule has 0 radical (unpaired) electrons. The molecule has 0 saturated heterocycles. The number of nitrogens with one attached hydrogen (secondary N) is 1. The van der Waals surface area contributed by atoms with Crippen LogP contribution in [0.15, 0.2) is 72.8 Å². The van der Waals surface area contributed by atoms with Crippen molar-refractivity contribution in [1.82, 2.24) is 0 Å². The van der Waals surface area contributed by atoms with Crippen molar-refractivity contribution in [1.29, 1.82) is 0 Å². The topological polar surface area (TPSA) is 73.9 Å². The van der Waals surface area contributed by atoms with Crippen LogP contribution in [-0.2, 0) is 16.1 Å². The number of anilines is 1. The van der Waals surface area contributed by atoms with E-state index >= 15 is 0 Å². The number of carbonyl (C=O) groups is 2. The highest BCUT2D eigenvalue weighted by Crippen LogP contribution is 2.21. The van der Waals surface area contributed by atoms with Crippen LogP contribution in [0.5, 0.6) is 11.5 Å². The largest absolute Gasteiger partial charge is 0.497 e. The number of esters is 1. The molecule has 154 valence electrons. The number of methoxy groups -OCH3 is 1. The van der Waals surface area contributed by atoms with E-state index in [4.69, 9.17) is 14.2 Å². The molecule has 3 aromatic carbocycles. The van der Waals surface area contributed by atoms with Crippen molar-refractivity contribution in [3.05, 3.63) is 89.5 Å². The van der Waals surface area contributed by atoms with Crippen molar-refractivity contribution >= 4 is 17.6 Å². The lowest BCUT2D eigenvalue weighted by atomic mass is 10.1. The van der Waals surface area contributed by atoms with Crippen molar-refractivity contribution < 1.29 is 23.8 Å². The van der Waals surface area contributed by atoms with Gasteiger partial charge in [0.15, 0.2) is 6.61 Å². The summed E-state index contributed by atoms with van der Waals surface area (Å²) in [5.41, 5.74) is 2.95. The Morgan fingerprint density at radius 1 is 0.933 bits per heavy atom. The molecule has 0 fully saturated rings. The fourth-order valence-corrected chi connectivity index (χ4v) is 2.80. The van der Waals surface area contributed by atoms with E-state index in [1.165, 1.54) is 0 Å². The Hall–Kier alpha value is -3.80. The van der Waals surface area contributed by atoms with Crippen LogP contribution in [0.1, 0.15) is 21.5 Å². The highest BCUT2D eigenvalue weighted by molar-refractivity contribution is 5.96. The molecular weight excluding hydrogens is 382 g/mol. The molecule has 0 atom stereocenters. The highest BCUT2D eigenvalue weighted by atomic mass is 16.5. The molecule has 0 bridgehead atoms. The molecule has 0 aromatic heterocycles. The Bertz CT molecular complexity index is 1030. The predicted octanol–water partition coefficient (Wildman–Crippen LogP) is 4.38. The number of hydrogen-bond acceptors (Lipinski definition) is 5. The van der Waals surface area contributed by atoms with Crippen LogP contribution in [0.4, 0.5) is 5.69 Å². The van der Waals surface area contributed by atoms with Crippen molar-refractivity contribution in [2.24, 2.45) is 0 Å². The van der Waals surface area contributed by atoms with Crippen LogP contribution in [0.3, 0.4) is 0 Å². The maximum absolute atomic E-state index is 12.5. The van der Waals surface area contributed by atoms with Gasteiger partial charge in [0.2, 0.25) is 0 Å². The number of para-hydroxylation sites is 1. The Morgan fingerprint density at radius 3 is 2.50 bits per heavy atom. The third kappa shape index (κ3) is 5.61. The Balaban J connectivity index is 1.58. The van der Waals surface area contributed by atoms with Crippen molar-refractivity contribution in [2.45, 2.75) is 13.5 Å². The zero-order valence-corrected chi connectivity index (χ0v) is 16.9. The van der Waals surface area contributed by atoms with Gasteiger partial charge in [-0.05, 0) is 42.3 Å². The van der Waals surface area contributed by atoms with Gasteiger partial charge in [0.25, 0.3) is 5.91 Å². The molecular formula is C24H23NO5. The van der Waals surface area contributed by atoms with Gasteiger partial charge in [0.05, 0.1) is 7.11 Å². The average molecular weight is 405 g/mol. The first-order chi connectivity index (χ1) is 14.6. The zero-order valence-electron chi connectivity index (χ0n) is 16.9. The van der Waals surface area contributed by atoms with Crippen LogP contribution < -0.4 is 14.8 Å². The second-order valence-electron chi connectivity index (χ2n) is 6.57. The minimum absolute atomic E-state index is 0.264. The predicted molar refractivity (Wildman–Crippen MR) is 114 cm³/mol.